The Morgan fingerprint density at radius 3 is 2.62 bits per heavy atom. The largest absolute Gasteiger partial charge is 0.494 e. The summed E-state index contributed by atoms with van der Waals surface area (Å²) in [5.74, 6) is 0.911. The van der Waals surface area contributed by atoms with Gasteiger partial charge in [0.25, 0.3) is 0 Å². The van der Waals surface area contributed by atoms with Crippen molar-refractivity contribution in [3.8, 4) is 5.75 Å². The van der Waals surface area contributed by atoms with Crippen LogP contribution in [0.25, 0.3) is 0 Å². The SMILES string of the molecule is CCOc1ccc(C)cc1C(NC)c1ccc(Cl)c(Br)c1. The Hall–Kier alpha value is -1.03. The van der Waals surface area contributed by atoms with Crippen LogP contribution >= 0.6 is 27.5 Å². The number of aryl methyl sites for hydroxylation is 1. The molecule has 0 radical (unpaired) electrons. The third-order valence-electron chi connectivity index (χ3n) is 3.34. The second-order valence-corrected chi connectivity index (χ2v) is 6.13. The van der Waals surface area contributed by atoms with E-state index in [9.17, 15) is 0 Å². The molecule has 0 amide bonds. The van der Waals surface area contributed by atoms with E-state index in [0.717, 1.165) is 21.3 Å². The van der Waals surface area contributed by atoms with Gasteiger partial charge in [0.05, 0.1) is 17.7 Å². The highest BCUT2D eigenvalue weighted by molar-refractivity contribution is 9.10. The summed E-state index contributed by atoms with van der Waals surface area (Å²) in [6.45, 7) is 4.73. The molecule has 0 spiro atoms. The molecule has 0 saturated carbocycles. The third kappa shape index (κ3) is 3.79. The van der Waals surface area contributed by atoms with Gasteiger partial charge in [-0.2, -0.15) is 0 Å². The average Bonchev–Trinajstić information content (AvgIpc) is 2.46. The van der Waals surface area contributed by atoms with Crippen LogP contribution in [0, 0.1) is 6.92 Å². The van der Waals surface area contributed by atoms with Gasteiger partial charge >= 0.3 is 0 Å². The molecule has 0 aromatic heterocycles. The molecule has 21 heavy (non-hydrogen) atoms. The second kappa shape index (κ2) is 7.30. The third-order valence-corrected chi connectivity index (χ3v) is 4.56. The fraction of sp³-hybridized carbons (Fsp3) is 0.294. The Labute approximate surface area is 139 Å². The predicted octanol–water partition coefficient (Wildman–Crippen LogP) is 5.12. The fourth-order valence-corrected chi connectivity index (χ4v) is 2.89. The van der Waals surface area contributed by atoms with Crippen molar-refractivity contribution in [1.29, 1.82) is 0 Å². The molecule has 1 unspecified atom stereocenters. The summed E-state index contributed by atoms with van der Waals surface area (Å²) in [6, 6.07) is 12.3. The summed E-state index contributed by atoms with van der Waals surface area (Å²) in [4.78, 5) is 0. The van der Waals surface area contributed by atoms with Gasteiger partial charge in [-0.15, -0.1) is 0 Å². The highest BCUT2D eigenvalue weighted by atomic mass is 79.9. The van der Waals surface area contributed by atoms with E-state index in [1.54, 1.807) is 0 Å². The smallest absolute Gasteiger partial charge is 0.124 e. The quantitative estimate of drug-likeness (QED) is 0.791. The van der Waals surface area contributed by atoms with Gasteiger partial charge in [0.1, 0.15) is 5.75 Å². The van der Waals surface area contributed by atoms with Crippen LogP contribution < -0.4 is 10.1 Å². The predicted molar refractivity (Wildman–Crippen MR) is 92.4 cm³/mol. The van der Waals surface area contributed by atoms with Crippen molar-refractivity contribution in [2.24, 2.45) is 0 Å². The summed E-state index contributed by atoms with van der Waals surface area (Å²) in [6.07, 6.45) is 0. The highest BCUT2D eigenvalue weighted by Gasteiger charge is 2.18. The summed E-state index contributed by atoms with van der Waals surface area (Å²) in [7, 11) is 1.95. The number of benzene rings is 2. The zero-order chi connectivity index (χ0) is 15.4. The number of ether oxygens (including phenoxy) is 1. The summed E-state index contributed by atoms with van der Waals surface area (Å²) in [5, 5.41) is 4.07. The lowest BCUT2D eigenvalue weighted by atomic mass is 9.96. The van der Waals surface area contributed by atoms with E-state index >= 15 is 0 Å². The van der Waals surface area contributed by atoms with Gasteiger partial charge in [-0.05, 0) is 60.6 Å². The van der Waals surface area contributed by atoms with Crippen molar-refractivity contribution in [3.05, 3.63) is 62.6 Å². The molecule has 0 fully saturated rings. The van der Waals surface area contributed by atoms with Crippen LogP contribution in [0.2, 0.25) is 5.02 Å². The average molecular weight is 369 g/mol. The number of rotatable bonds is 5. The molecule has 2 nitrogen and oxygen atoms in total. The summed E-state index contributed by atoms with van der Waals surface area (Å²) >= 11 is 9.58. The van der Waals surface area contributed by atoms with E-state index in [1.807, 2.05) is 38.2 Å². The van der Waals surface area contributed by atoms with Crippen molar-refractivity contribution in [2.45, 2.75) is 19.9 Å². The number of hydrogen-bond acceptors (Lipinski definition) is 2. The molecule has 1 atom stereocenters. The van der Waals surface area contributed by atoms with Gasteiger partial charge in [0.15, 0.2) is 0 Å². The fourth-order valence-electron chi connectivity index (χ4n) is 2.37. The van der Waals surface area contributed by atoms with Crippen LogP contribution in [0.15, 0.2) is 40.9 Å². The Balaban J connectivity index is 2.49. The zero-order valence-electron chi connectivity index (χ0n) is 12.4. The summed E-state index contributed by atoms with van der Waals surface area (Å²) < 4.78 is 6.67. The maximum absolute atomic E-state index is 6.09. The molecule has 0 saturated heterocycles. The minimum atomic E-state index is 0.0556. The van der Waals surface area contributed by atoms with Crippen LogP contribution in [-0.2, 0) is 0 Å². The maximum Gasteiger partial charge on any atom is 0.124 e. The Morgan fingerprint density at radius 2 is 2.00 bits per heavy atom. The monoisotopic (exact) mass is 367 g/mol. The lowest BCUT2D eigenvalue weighted by Crippen LogP contribution is -2.19. The number of nitrogens with one attached hydrogen (secondary N) is 1. The van der Waals surface area contributed by atoms with Crippen molar-refractivity contribution in [3.63, 3.8) is 0 Å². The first-order chi connectivity index (χ1) is 10.1. The molecule has 2 aromatic carbocycles. The topological polar surface area (TPSA) is 21.3 Å². The van der Waals surface area contributed by atoms with Crippen LogP contribution in [0.1, 0.15) is 29.7 Å². The van der Waals surface area contributed by atoms with Gasteiger partial charge in [0, 0.05) is 10.0 Å². The molecular formula is C17H19BrClNO. The van der Waals surface area contributed by atoms with E-state index in [2.05, 4.69) is 40.3 Å². The van der Waals surface area contributed by atoms with Crippen molar-refractivity contribution in [1.82, 2.24) is 5.32 Å². The first kappa shape index (κ1) is 16.3. The van der Waals surface area contributed by atoms with Gasteiger partial charge in [-0.3, -0.25) is 0 Å². The Kier molecular flexibility index (Phi) is 5.68. The summed E-state index contributed by atoms with van der Waals surface area (Å²) in [5.41, 5.74) is 3.48. The molecule has 0 bridgehead atoms. The normalized spacial score (nSPS) is 12.2. The first-order valence-corrected chi connectivity index (χ1v) is 8.09. The lowest BCUT2D eigenvalue weighted by Gasteiger charge is -2.21. The van der Waals surface area contributed by atoms with Crippen LogP contribution in [0.3, 0.4) is 0 Å². The standard InChI is InChI=1S/C17H19BrClNO/c1-4-21-16-8-5-11(2)9-13(16)17(20-3)12-6-7-15(19)14(18)10-12/h5-10,17,20H,4H2,1-3H3. The van der Waals surface area contributed by atoms with Crippen LogP contribution in [0.5, 0.6) is 5.75 Å². The van der Waals surface area contributed by atoms with Crippen molar-refractivity contribution in [2.75, 3.05) is 13.7 Å². The minimum absolute atomic E-state index is 0.0556. The molecule has 0 heterocycles. The molecule has 0 aliphatic carbocycles. The molecule has 0 aliphatic rings. The van der Waals surface area contributed by atoms with Crippen molar-refractivity contribution < 1.29 is 4.74 Å². The molecule has 112 valence electrons. The molecule has 2 rings (SSSR count). The Morgan fingerprint density at radius 1 is 1.24 bits per heavy atom. The van der Waals surface area contributed by atoms with E-state index in [1.165, 1.54) is 5.56 Å². The first-order valence-electron chi connectivity index (χ1n) is 6.92. The molecule has 4 heteroatoms. The van der Waals surface area contributed by atoms with Crippen LogP contribution in [0.4, 0.5) is 0 Å². The maximum atomic E-state index is 6.09. The van der Waals surface area contributed by atoms with Crippen molar-refractivity contribution >= 4 is 27.5 Å². The van der Waals surface area contributed by atoms with Gasteiger partial charge in [0.2, 0.25) is 0 Å². The van der Waals surface area contributed by atoms with E-state index < -0.39 is 0 Å². The lowest BCUT2D eigenvalue weighted by molar-refractivity contribution is 0.334. The van der Waals surface area contributed by atoms with Gasteiger partial charge in [-0.1, -0.05) is 35.4 Å². The van der Waals surface area contributed by atoms with Gasteiger partial charge < -0.3 is 10.1 Å². The highest BCUT2D eigenvalue weighted by Crippen LogP contribution is 2.33. The molecule has 2 aromatic rings. The van der Waals surface area contributed by atoms with E-state index in [0.29, 0.717) is 11.6 Å². The zero-order valence-corrected chi connectivity index (χ0v) is 14.8. The molecule has 1 N–H and O–H groups in total. The molecular weight excluding hydrogens is 350 g/mol. The van der Waals surface area contributed by atoms with Crippen LogP contribution in [-0.4, -0.2) is 13.7 Å². The Bertz CT molecular complexity index is 630. The minimum Gasteiger partial charge on any atom is -0.494 e. The second-order valence-electron chi connectivity index (χ2n) is 4.87. The number of halogens is 2. The number of hydrogen-bond donors (Lipinski definition) is 1. The van der Waals surface area contributed by atoms with E-state index in [4.69, 9.17) is 16.3 Å². The van der Waals surface area contributed by atoms with E-state index in [-0.39, 0.29) is 6.04 Å². The molecule has 0 aliphatic heterocycles. The van der Waals surface area contributed by atoms with Gasteiger partial charge in [-0.25, -0.2) is 0 Å².